The maximum atomic E-state index is 14.3. The minimum Gasteiger partial charge on any atom is -0.481 e. The number of carboxylic acid groups (broad SMARTS) is 1. The molecule has 1 saturated heterocycles. The van der Waals surface area contributed by atoms with Crippen molar-refractivity contribution in [1.29, 1.82) is 0 Å². The topological polar surface area (TPSA) is 46.5 Å². The van der Waals surface area contributed by atoms with Crippen LogP contribution in [0.2, 0.25) is 0 Å². The molecule has 0 radical (unpaired) electrons. The fourth-order valence-corrected chi connectivity index (χ4v) is 4.14. The lowest BCUT2D eigenvalue weighted by atomic mass is 9.69. The lowest BCUT2D eigenvalue weighted by Gasteiger charge is -2.34. The number of rotatable bonds is 4. The highest BCUT2D eigenvalue weighted by Gasteiger charge is 2.41. The Bertz CT molecular complexity index is 536. The van der Waals surface area contributed by atoms with E-state index in [9.17, 15) is 14.3 Å². The summed E-state index contributed by atoms with van der Waals surface area (Å²) in [4.78, 5) is 12.3. The van der Waals surface area contributed by atoms with Crippen LogP contribution in [0, 0.1) is 5.82 Å². The Balaban J connectivity index is 1.86. The van der Waals surface area contributed by atoms with Crippen LogP contribution in [-0.4, -0.2) is 29.5 Å². The SMILES string of the molecule is O=C(O)C1(c2ccc(SC3COC3)c(F)c2)CCCCC1. The molecule has 114 valence electrons. The lowest BCUT2D eigenvalue weighted by molar-refractivity contribution is -0.145. The van der Waals surface area contributed by atoms with E-state index in [-0.39, 0.29) is 5.82 Å². The molecule has 1 N–H and O–H groups in total. The molecule has 0 bridgehead atoms. The zero-order valence-corrected chi connectivity index (χ0v) is 12.6. The molecule has 1 aliphatic heterocycles. The number of aliphatic carboxylic acids is 1. The number of halogens is 1. The van der Waals surface area contributed by atoms with Gasteiger partial charge in [-0.1, -0.05) is 25.3 Å². The van der Waals surface area contributed by atoms with Crippen LogP contribution in [0.4, 0.5) is 4.39 Å². The molecule has 3 nitrogen and oxygen atoms in total. The molecule has 0 unspecified atom stereocenters. The van der Waals surface area contributed by atoms with Crippen molar-refractivity contribution in [2.24, 2.45) is 0 Å². The van der Waals surface area contributed by atoms with Gasteiger partial charge < -0.3 is 9.84 Å². The summed E-state index contributed by atoms with van der Waals surface area (Å²) in [7, 11) is 0. The van der Waals surface area contributed by atoms with Gasteiger partial charge in [0.2, 0.25) is 0 Å². The van der Waals surface area contributed by atoms with Crippen LogP contribution in [0.25, 0.3) is 0 Å². The van der Waals surface area contributed by atoms with Crippen LogP contribution in [0.15, 0.2) is 23.1 Å². The van der Waals surface area contributed by atoms with E-state index >= 15 is 0 Å². The van der Waals surface area contributed by atoms with Crippen LogP contribution in [0.5, 0.6) is 0 Å². The van der Waals surface area contributed by atoms with E-state index < -0.39 is 11.4 Å². The molecule has 1 aromatic carbocycles. The normalized spacial score (nSPS) is 21.8. The molecule has 1 heterocycles. The summed E-state index contributed by atoms with van der Waals surface area (Å²) >= 11 is 1.47. The van der Waals surface area contributed by atoms with E-state index in [1.54, 1.807) is 12.1 Å². The molecule has 5 heteroatoms. The highest BCUT2D eigenvalue weighted by atomic mass is 32.2. The van der Waals surface area contributed by atoms with Crippen molar-refractivity contribution >= 4 is 17.7 Å². The van der Waals surface area contributed by atoms with Gasteiger partial charge in [-0.25, -0.2) is 4.39 Å². The first kappa shape index (κ1) is 14.9. The second-order valence-corrected chi connectivity index (χ2v) is 7.21. The fraction of sp³-hybridized carbons (Fsp3) is 0.562. The summed E-state index contributed by atoms with van der Waals surface area (Å²) in [5, 5.41) is 9.96. The van der Waals surface area contributed by atoms with Gasteiger partial charge in [-0.15, -0.1) is 11.8 Å². The van der Waals surface area contributed by atoms with Crippen molar-refractivity contribution in [1.82, 2.24) is 0 Å². The van der Waals surface area contributed by atoms with Crippen LogP contribution in [0.3, 0.4) is 0 Å². The van der Waals surface area contributed by atoms with Gasteiger partial charge in [0, 0.05) is 4.90 Å². The first-order chi connectivity index (χ1) is 10.1. The van der Waals surface area contributed by atoms with Crippen LogP contribution in [-0.2, 0) is 14.9 Å². The van der Waals surface area contributed by atoms with E-state index in [0.29, 0.717) is 41.8 Å². The third kappa shape index (κ3) is 2.81. The zero-order valence-electron chi connectivity index (χ0n) is 11.8. The largest absolute Gasteiger partial charge is 0.481 e. The molecule has 1 saturated carbocycles. The lowest BCUT2D eigenvalue weighted by Crippen LogP contribution is -2.38. The van der Waals surface area contributed by atoms with Crippen molar-refractivity contribution in [3.05, 3.63) is 29.6 Å². The molecule has 1 aliphatic carbocycles. The van der Waals surface area contributed by atoms with Gasteiger partial charge in [0.25, 0.3) is 0 Å². The van der Waals surface area contributed by atoms with Crippen molar-refractivity contribution < 1.29 is 19.0 Å². The number of hydrogen-bond donors (Lipinski definition) is 1. The van der Waals surface area contributed by atoms with Gasteiger partial charge in [-0.05, 0) is 30.5 Å². The molecule has 3 rings (SSSR count). The average molecular weight is 310 g/mol. The molecule has 0 aromatic heterocycles. The minimum absolute atomic E-state index is 0.310. The molecule has 2 aliphatic rings. The zero-order chi connectivity index (χ0) is 14.9. The van der Waals surface area contributed by atoms with Crippen molar-refractivity contribution in [2.75, 3.05) is 13.2 Å². The summed E-state index contributed by atoms with van der Waals surface area (Å²) in [6.07, 6.45) is 4.05. The van der Waals surface area contributed by atoms with Crippen LogP contribution < -0.4 is 0 Å². The van der Waals surface area contributed by atoms with Gasteiger partial charge in [-0.3, -0.25) is 4.79 Å². The Hall–Kier alpha value is -1.07. The van der Waals surface area contributed by atoms with Gasteiger partial charge >= 0.3 is 5.97 Å². The van der Waals surface area contributed by atoms with E-state index in [1.807, 2.05) is 0 Å². The molecule has 21 heavy (non-hydrogen) atoms. The summed E-state index contributed by atoms with van der Waals surface area (Å²) in [5.74, 6) is -1.13. The van der Waals surface area contributed by atoms with Gasteiger partial charge in [0.05, 0.1) is 23.9 Å². The van der Waals surface area contributed by atoms with Crippen molar-refractivity contribution in [2.45, 2.75) is 47.7 Å². The molecule has 0 atom stereocenters. The number of hydrogen-bond acceptors (Lipinski definition) is 3. The predicted octanol–water partition coefficient (Wildman–Crippen LogP) is 3.60. The fourth-order valence-electron chi connectivity index (χ4n) is 3.14. The highest BCUT2D eigenvalue weighted by Crippen LogP contribution is 2.41. The van der Waals surface area contributed by atoms with Gasteiger partial charge in [-0.2, -0.15) is 0 Å². The first-order valence-corrected chi connectivity index (χ1v) is 8.28. The third-order valence-electron chi connectivity index (χ3n) is 4.50. The predicted molar refractivity (Wildman–Crippen MR) is 79.3 cm³/mol. The smallest absolute Gasteiger partial charge is 0.314 e. The van der Waals surface area contributed by atoms with Crippen molar-refractivity contribution in [3.63, 3.8) is 0 Å². The number of carboxylic acids is 1. The average Bonchev–Trinajstić information content (AvgIpc) is 2.44. The molecular weight excluding hydrogens is 291 g/mol. The van der Waals surface area contributed by atoms with Crippen molar-refractivity contribution in [3.8, 4) is 0 Å². The molecular formula is C16H19FO3S. The van der Waals surface area contributed by atoms with E-state index in [4.69, 9.17) is 4.74 Å². The maximum Gasteiger partial charge on any atom is 0.314 e. The van der Waals surface area contributed by atoms with E-state index in [2.05, 4.69) is 0 Å². The molecule has 0 amide bonds. The molecule has 0 spiro atoms. The second kappa shape index (κ2) is 5.97. The van der Waals surface area contributed by atoms with E-state index in [0.717, 1.165) is 19.3 Å². The van der Waals surface area contributed by atoms with E-state index in [1.165, 1.54) is 17.8 Å². The van der Waals surface area contributed by atoms with Crippen LogP contribution >= 0.6 is 11.8 Å². The number of carbonyl (C=O) groups is 1. The van der Waals surface area contributed by atoms with Gasteiger partial charge in [0.1, 0.15) is 5.82 Å². The molecule has 1 aromatic rings. The Kier molecular flexibility index (Phi) is 4.22. The summed E-state index contributed by atoms with van der Waals surface area (Å²) in [6.45, 7) is 1.32. The summed E-state index contributed by atoms with van der Waals surface area (Å²) in [5.41, 5.74) is -0.289. The number of ether oxygens (including phenoxy) is 1. The summed E-state index contributed by atoms with van der Waals surface area (Å²) < 4.78 is 19.4. The summed E-state index contributed by atoms with van der Waals surface area (Å²) in [6, 6.07) is 4.96. The minimum atomic E-state index is -0.901. The van der Waals surface area contributed by atoms with Gasteiger partial charge in [0.15, 0.2) is 0 Å². The quantitative estimate of drug-likeness (QED) is 0.923. The maximum absolute atomic E-state index is 14.3. The Labute approximate surface area is 127 Å². The monoisotopic (exact) mass is 310 g/mol. The van der Waals surface area contributed by atoms with Crippen LogP contribution in [0.1, 0.15) is 37.7 Å². The third-order valence-corrected chi connectivity index (χ3v) is 5.69. The Morgan fingerprint density at radius 3 is 2.52 bits per heavy atom. The standard InChI is InChI=1S/C16H19FO3S/c17-13-8-11(4-5-14(13)21-12-9-20-10-12)16(15(18)19)6-2-1-3-7-16/h4-5,8,12H,1-3,6-7,9-10H2,(H,18,19). The number of benzene rings is 1. The molecule has 2 fully saturated rings. The number of thioether (sulfide) groups is 1. The Morgan fingerprint density at radius 1 is 1.29 bits per heavy atom. The Morgan fingerprint density at radius 2 is 2.00 bits per heavy atom. The second-order valence-electron chi connectivity index (χ2n) is 5.87. The first-order valence-electron chi connectivity index (χ1n) is 7.40. The highest BCUT2D eigenvalue weighted by molar-refractivity contribution is 8.00.